The molecule has 0 saturated carbocycles. The zero-order chi connectivity index (χ0) is 23.5. The molecule has 1 atom stereocenters. The molecule has 0 saturated heterocycles. The van der Waals surface area contributed by atoms with E-state index in [-0.39, 0.29) is 17.8 Å². The molecule has 174 valence electrons. The molecule has 1 unspecified atom stereocenters. The fourth-order valence-electron chi connectivity index (χ4n) is 3.27. The van der Waals surface area contributed by atoms with Crippen molar-refractivity contribution in [2.45, 2.75) is 46.6 Å². The number of rotatable bonds is 12. The second kappa shape index (κ2) is 12.9. The van der Waals surface area contributed by atoms with Crippen molar-refractivity contribution in [1.82, 2.24) is 0 Å². The molecule has 0 N–H and O–H groups in total. The molecule has 0 radical (unpaired) electrons. The second-order valence-corrected chi connectivity index (χ2v) is 7.86. The minimum atomic E-state index is -0.593. The Morgan fingerprint density at radius 3 is 2.09 bits per heavy atom. The Morgan fingerprint density at radius 2 is 1.53 bits per heavy atom. The number of esters is 1. The van der Waals surface area contributed by atoms with Gasteiger partial charge < -0.3 is 19.1 Å². The normalized spacial score (nSPS) is 11.8. The molecule has 2 aromatic carbocycles. The van der Waals surface area contributed by atoms with Crippen LogP contribution in [0, 0.1) is 5.92 Å². The van der Waals surface area contributed by atoms with Gasteiger partial charge in [0.2, 0.25) is 5.91 Å². The molecule has 1 amide bonds. The summed E-state index contributed by atoms with van der Waals surface area (Å²) in [7, 11) is 1.80. The molecule has 0 fully saturated rings. The average molecular weight is 442 g/mol. The van der Waals surface area contributed by atoms with Gasteiger partial charge in [-0.05, 0) is 49.2 Å². The molecule has 0 spiro atoms. The predicted molar refractivity (Wildman–Crippen MR) is 126 cm³/mol. The fourth-order valence-corrected chi connectivity index (χ4v) is 3.27. The second-order valence-electron chi connectivity index (χ2n) is 7.86. The van der Waals surface area contributed by atoms with Gasteiger partial charge in [-0.1, -0.05) is 38.1 Å². The first-order valence-corrected chi connectivity index (χ1v) is 11.2. The van der Waals surface area contributed by atoms with Gasteiger partial charge in [-0.25, -0.2) is 4.79 Å². The SMILES string of the molecule is CCOC(=O)C(Cc1ccc(OCCc2ccc(N(C)C(=O)C(C)C)cc2)cc1)OCC. The molecule has 2 aromatic rings. The zero-order valence-electron chi connectivity index (χ0n) is 19.8. The van der Waals surface area contributed by atoms with Crippen LogP contribution in [0.25, 0.3) is 0 Å². The summed E-state index contributed by atoms with van der Waals surface area (Å²) in [5.74, 6) is 0.506. The van der Waals surface area contributed by atoms with Gasteiger partial charge in [0.15, 0.2) is 6.10 Å². The highest BCUT2D eigenvalue weighted by Crippen LogP contribution is 2.18. The molecule has 32 heavy (non-hydrogen) atoms. The van der Waals surface area contributed by atoms with E-state index in [1.54, 1.807) is 18.9 Å². The van der Waals surface area contributed by atoms with Crippen molar-refractivity contribution in [3.8, 4) is 5.75 Å². The van der Waals surface area contributed by atoms with E-state index < -0.39 is 6.10 Å². The molecule has 0 aliphatic carbocycles. The highest BCUT2D eigenvalue weighted by molar-refractivity contribution is 5.94. The maximum absolute atomic E-state index is 12.1. The summed E-state index contributed by atoms with van der Waals surface area (Å²) in [5.41, 5.74) is 3.02. The van der Waals surface area contributed by atoms with Gasteiger partial charge in [0.05, 0.1) is 13.2 Å². The Hall–Kier alpha value is -2.86. The Labute approximate surface area is 191 Å². The van der Waals surface area contributed by atoms with Crippen molar-refractivity contribution < 1.29 is 23.8 Å². The first-order valence-electron chi connectivity index (χ1n) is 11.2. The lowest BCUT2D eigenvalue weighted by molar-refractivity contribution is -0.156. The lowest BCUT2D eigenvalue weighted by Gasteiger charge is -2.19. The highest BCUT2D eigenvalue weighted by Gasteiger charge is 2.20. The van der Waals surface area contributed by atoms with E-state index in [1.807, 2.05) is 69.3 Å². The lowest BCUT2D eigenvalue weighted by atomic mass is 10.1. The molecule has 0 aliphatic rings. The van der Waals surface area contributed by atoms with E-state index >= 15 is 0 Å². The third-order valence-electron chi connectivity index (χ3n) is 5.07. The third-order valence-corrected chi connectivity index (χ3v) is 5.07. The number of benzene rings is 2. The molecule has 6 nitrogen and oxygen atoms in total. The summed E-state index contributed by atoms with van der Waals surface area (Å²) < 4.78 is 16.5. The van der Waals surface area contributed by atoms with Crippen LogP contribution >= 0.6 is 0 Å². The monoisotopic (exact) mass is 441 g/mol. The van der Waals surface area contributed by atoms with Crippen LogP contribution < -0.4 is 9.64 Å². The quantitative estimate of drug-likeness (QED) is 0.456. The van der Waals surface area contributed by atoms with Gasteiger partial charge in [0.1, 0.15) is 5.75 Å². The van der Waals surface area contributed by atoms with Crippen molar-refractivity contribution in [3.05, 3.63) is 59.7 Å². The van der Waals surface area contributed by atoms with Crippen LogP contribution in [0.1, 0.15) is 38.8 Å². The van der Waals surface area contributed by atoms with Gasteiger partial charge in [0.25, 0.3) is 0 Å². The zero-order valence-corrected chi connectivity index (χ0v) is 19.8. The molecular formula is C26H35NO5. The first-order chi connectivity index (χ1) is 15.3. The largest absolute Gasteiger partial charge is 0.493 e. The van der Waals surface area contributed by atoms with E-state index in [0.717, 1.165) is 29.0 Å². The summed E-state index contributed by atoms with van der Waals surface area (Å²) in [4.78, 5) is 25.8. The molecule has 2 rings (SSSR count). The summed E-state index contributed by atoms with van der Waals surface area (Å²) in [6.07, 6.45) is 0.635. The maximum atomic E-state index is 12.1. The minimum absolute atomic E-state index is 0.0327. The van der Waals surface area contributed by atoms with Crippen LogP contribution in [-0.4, -0.2) is 44.8 Å². The lowest BCUT2D eigenvalue weighted by Crippen LogP contribution is -2.30. The summed E-state index contributed by atoms with van der Waals surface area (Å²) >= 11 is 0. The number of ether oxygens (including phenoxy) is 3. The third kappa shape index (κ3) is 7.68. The van der Waals surface area contributed by atoms with Crippen molar-refractivity contribution in [1.29, 1.82) is 0 Å². The van der Waals surface area contributed by atoms with Gasteiger partial charge in [0, 0.05) is 38.1 Å². The number of carbonyl (C=O) groups excluding carboxylic acids is 2. The van der Waals surface area contributed by atoms with Crippen molar-refractivity contribution in [2.24, 2.45) is 5.92 Å². The van der Waals surface area contributed by atoms with E-state index in [1.165, 1.54) is 0 Å². The van der Waals surface area contributed by atoms with Crippen LogP contribution in [0.2, 0.25) is 0 Å². The fraction of sp³-hybridized carbons (Fsp3) is 0.462. The van der Waals surface area contributed by atoms with Gasteiger partial charge in [-0.2, -0.15) is 0 Å². The number of carbonyl (C=O) groups is 2. The van der Waals surface area contributed by atoms with Crippen LogP contribution in [0.15, 0.2) is 48.5 Å². The summed E-state index contributed by atoms with van der Waals surface area (Å²) in [5, 5.41) is 0. The Morgan fingerprint density at radius 1 is 0.906 bits per heavy atom. The highest BCUT2D eigenvalue weighted by atomic mass is 16.6. The molecule has 0 bridgehead atoms. The Kier molecular flexibility index (Phi) is 10.2. The standard InChI is InChI=1S/C26H35NO5/c1-6-30-24(26(29)31-7-2)18-21-10-14-23(15-11-21)32-17-16-20-8-12-22(13-9-20)27(5)25(28)19(3)4/h8-15,19,24H,6-7,16-18H2,1-5H3. The van der Waals surface area contributed by atoms with Crippen LogP contribution in [-0.2, 0) is 31.9 Å². The Balaban J connectivity index is 1.84. The van der Waals surface area contributed by atoms with Crippen LogP contribution in [0.3, 0.4) is 0 Å². The number of amides is 1. The van der Waals surface area contributed by atoms with E-state index in [0.29, 0.717) is 26.2 Å². The first kappa shape index (κ1) is 25.4. The molecule has 0 aromatic heterocycles. The van der Waals surface area contributed by atoms with Gasteiger partial charge in [-0.3, -0.25) is 4.79 Å². The summed E-state index contributed by atoms with van der Waals surface area (Å²) in [6.45, 7) is 8.78. The molecular weight excluding hydrogens is 406 g/mol. The number of hydrogen-bond acceptors (Lipinski definition) is 5. The van der Waals surface area contributed by atoms with Crippen LogP contribution in [0.5, 0.6) is 5.75 Å². The van der Waals surface area contributed by atoms with Gasteiger partial charge >= 0.3 is 5.97 Å². The van der Waals surface area contributed by atoms with E-state index in [4.69, 9.17) is 14.2 Å². The smallest absolute Gasteiger partial charge is 0.335 e. The predicted octanol–water partition coefficient (Wildman–Crippen LogP) is 4.44. The Bertz CT molecular complexity index is 846. The molecule has 0 heterocycles. The average Bonchev–Trinajstić information content (AvgIpc) is 2.79. The van der Waals surface area contributed by atoms with Crippen molar-refractivity contribution in [3.63, 3.8) is 0 Å². The molecule has 0 aliphatic heterocycles. The minimum Gasteiger partial charge on any atom is -0.493 e. The number of hydrogen-bond donors (Lipinski definition) is 0. The number of nitrogens with zero attached hydrogens (tertiary/aromatic N) is 1. The topological polar surface area (TPSA) is 65.1 Å². The number of anilines is 1. The van der Waals surface area contributed by atoms with Gasteiger partial charge in [-0.15, -0.1) is 0 Å². The van der Waals surface area contributed by atoms with Crippen LogP contribution in [0.4, 0.5) is 5.69 Å². The van der Waals surface area contributed by atoms with Crippen molar-refractivity contribution in [2.75, 3.05) is 31.8 Å². The van der Waals surface area contributed by atoms with E-state index in [9.17, 15) is 9.59 Å². The van der Waals surface area contributed by atoms with Crippen molar-refractivity contribution >= 4 is 17.6 Å². The summed E-state index contributed by atoms with van der Waals surface area (Å²) in [6, 6.07) is 15.7. The molecule has 6 heteroatoms. The van der Waals surface area contributed by atoms with E-state index in [2.05, 4.69) is 0 Å². The maximum Gasteiger partial charge on any atom is 0.335 e.